The van der Waals surface area contributed by atoms with Gasteiger partial charge in [0, 0.05) is 12.8 Å². The lowest BCUT2D eigenvalue weighted by molar-refractivity contribution is 0.0949. The van der Waals surface area contributed by atoms with E-state index in [0.29, 0.717) is 10.9 Å². The number of nitrogens with one attached hydrogen (secondary N) is 1. The molecule has 14 heteroatoms. The van der Waals surface area contributed by atoms with Crippen molar-refractivity contribution >= 4 is 29.7 Å². The molecule has 0 fully saturated rings. The molecule has 0 aliphatic heterocycles. The third-order valence-electron chi connectivity index (χ3n) is 4.45. The fourth-order valence-corrected chi connectivity index (χ4v) is 3.59. The highest BCUT2D eigenvalue weighted by molar-refractivity contribution is 7.98. The van der Waals surface area contributed by atoms with Crippen LogP contribution in [0.15, 0.2) is 45.5 Å². The van der Waals surface area contributed by atoms with Gasteiger partial charge in [0.15, 0.2) is 10.9 Å². The molecule has 1 amide bonds. The molecule has 0 radical (unpaired) electrons. The minimum atomic E-state index is -0.540. The van der Waals surface area contributed by atoms with Gasteiger partial charge in [0.05, 0.1) is 11.9 Å². The number of carbonyl (C=O) groups is 1. The molecule has 0 atom stereocenters. The summed E-state index contributed by atoms with van der Waals surface area (Å²) >= 11 is 1.33. The molecule has 3 aromatic heterocycles. The van der Waals surface area contributed by atoms with E-state index in [2.05, 4.69) is 52.9 Å². The van der Waals surface area contributed by atoms with Crippen LogP contribution >= 0.6 is 11.8 Å². The Morgan fingerprint density at radius 2 is 2.09 bits per heavy atom. The summed E-state index contributed by atoms with van der Waals surface area (Å²) in [6.45, 7) is 2.08. The molecule has 0 aliphatic carbocycles. The second-order valence-electron chi connectivity index (χ2n) is 6.58. The molecule has 32 heavy (non-hydrogen) atoms. The maximum Gasteiger partial charge on any atom is 0.293 e. The van der Waals surface area contributed by atoms with E-state index < -0.39 is 5.91 Å². The SMILES string of the molecule is CCc1ccc(/C=N/NC(=O)c2nnn(-c3nonc3N)c2CSc2nncn2C)cc1. The van der Waals surface area contributed by atoms with E-state index in [1.54, 1.807) is 17.1 Å². The second-order valence-corrected chi connectivity index (χ2v) is 7.52. The van der Waals surface area contributed by atoms with Gasteiger partial charge in [-0.2, -0.15) is 9.78 Å². The van der Waals surface area contributed by atoms with E-state index in [9.17, 15) is 4.79 Å². The number of benzene rings is 1. The predicted molar refractivity (Wildman–Crippen MR) is 115 cm³/mol. The fourth-order valence-electron chi connectivity index (χ4n) is 2.71. The van der Waals surface area contributed by atoms with E-state index in [1.807, 2.05) is 31.3 Å². The van der Waals surface area contributed by atoms with Gasteiger partial charge in [-0.05, 0) is 27.9 Å². The van der Waals surface area contributed by atoms with Gasteiger partial charge >= 0.3 is 0 Å². The summed E-state index contributed by atoms with van der Waals surface area (Å²) in [6.07, 6.45) is 4.08. The van der Waals surface area contributed by atoms with Crippen molar-refractivity contribution in [2.24, 2.45) is 12.1 Å². The maximum atomic E-state index is 12.8. The highest BCUT2D eigenvalue weighted by atomic mass is 32.2. The third-order valence-corrected chi connectivity index (χ3v) is 5.50. The average molecular weight is 453 g/mol. The number of nitrogens with zero attached hydrogens (tertiary/aromatic N) is 9. The van der Waals surface area contributed by atoms with E-state index in [-0.39, 0.29) is 23.1 Å². The van der Waals surface area contributed by atoms with Crippen molar-refractivity contribution in [3.05, 3.63) is 53.1 Å². The Morgan fingerprint density at radius 1 is 1.28 bits per heavy atom. The van der Waals surface area contributed by atoms with Crippen LogP contribution in [0.4, 0.5) is 5.82 Å². The zero-order valence-corrected chi connectivity index (χ0v) is 18.0. The smallest absolute Gasteiger partial charge is 0.293 e. The molecule has 3 N–H and O–H groups in total. The third kappa shape index (κ3) is 4.49. The van der Waals surface area contributed by atoms with Gasteiger partial charge in [-0.15, -0.1) is 15.3 Å². The van der Waals surface area contributed by atoms with E-state index in [1.165, 1.54) is 22.0 Å². The Hall–Kier alpha value is -4.07. The monoisotopic (exact) mass is 453 g/mol. The summed E-state index contributed by atoms with van der Waals surface area (Å²) in [5.74, 6) is -0.122. The van der Waals surface area contributed by atoms with E-state index >= 15 is 0 Å². The van der Waals surface area contributed by atoms with Gasteiger partial charge in [-0.3, -0.25) is 4.79 Å². The zero-order valence-electron chi connectivity index (χ0n) is 17.2. The molecular formula is C18H19N11O2S. The van der Waals surface area contributed by atoms with Gasteiger partial charge in [-0.25, -0.2) is 10.1 Å². The molecule has 0 spiro atoms. The van der Waals surface area contributed by atoms with Crippen molar-refractivity contribution in [1.29, 1.82) is 0 Å². The summed E-state index contributed by atoms with van der Waals surface area (Å²) in [7, 11) is 1.81. The standard InChI is InChI=1S/C18H19N11O2S/c1-3-11-4-6-12(7-5-11)8-20-23-17(30)14-13(9-32-18-24-21-10-28(18)2)29(27-22-14)16-15(19)25-31-26-16/h4-8,10H,3,9H2,1-2H3,(H2,19,25)(H,23,30)/b20-8+. The van der Waals surface area contributed by atoms with Crippen LogP contribution in [0.5, 0.6) is 0 Å². The molecule has 1 aromatic carbocycles. The molecular weight excluding hydrogens is 434 g/mol. The first kappa shape index (κ1) is 21.2. The maximum absolute atomic E-state index is 12.8. The highest BCUT2D eigenvalue weighted by Crippen LogP contribution is 2.24. The zero-order chi connectivity index (χ0) is 22.5. The summed E-state index contributed by atoms with van der Waals surface area (Å²) in [4.78, 5) is 12.8. The van der Waals surface area contributed by atoms with Crippen LogP contribution in [0.3, 0.4) is 0 Å². The molecule has 164 valence electrons. The Bertz CT molecular complexity index is 1240. The number of hydrazone groups is 1. The minimum absolute atomic E-state index is 0.0142. The van der Waals surface area contributed by atoms with Gasteiger partial charge in [-0.1, -0.05) is 48.2 Å². The minimum Gasteiger partial charge on any atom is -0.378 e. The lowest BCUT2D eigenvalue weighted by Gasteiger charge is -2.05. The number of nitrogens with two attached hydrogens (primary N) is 1. The first-order valence-electron chi connectivity index (χ1n) is 9.49. The van der Waals surface area contributed by atoms with Crippen LogP contribution in [-0.4, -0.2) is 52.2 Å². The van der Waals surface area contributed by atoms with Crippen LogP contribution in [0, 0.1) is 0 Å². The normalized spacial score (nSPS) is 11.3. The Balaban J connectivity index is 1.55. The number of amides is 1. The molecule has 3 heterocycles. The van der Waals surface area contributed by atoms with Crippen molar-refractivity contribution in [1.82, 2.24) is 45.5 Å². The Labute approximate surface area is 186 Å². The number of hydrogen-bond donors (Lipinski definition) is 2. The number of thioether (sulfide) groups is 1. The highest BCUT2D eigenvalue weighted by Gasteiger charge is 2.24. The average Bonchev–Trinajstić information content (AvgIpc) is 3.52. The van der Waals surface area contributed by atoms with Crippen LogP contribution in [0.25, 0.3) is 5.82 Å². The summed E-state index contributed by atoms with van der Waals surface area (Å²) in [5.41, 5.74) is 10.8. The number of nitrogen functional groups attached to an aromatic ring is 1. The van der Waals surface area contributed by atoms with Crippen molar-refractivity contribution in [2.75, 3.05) is 5.73 Å². The Kier molecular flexibility index (Phi) is 6.21. The van der Waals surface area contributed by atoms with Crippen molar-refractivity contribution in [3.8, 4) is 5.82 Å². The summed E-state index contributed by atoms with van der Waals surface area (Å²) < 4.78 is 7.70. The second kappa shape index (κ2) is 9.38. The summed E-state index contributed by atoms with van der Waals surface area (Å²) in [6, 6.07) is 7.86. The number of hydrogen-bond acceptors (Lipinski definition) is 11. The number of aromatic nitrogens is 8. The fraction of sp³-hybridized carbons (Fsp3) is 0.222. The topological polar surface area (TPSA) is 168 Å². The number of aryl methyl sites for hydroxylation is 2. The van der Waals surface area contributed by atoms with Crippen molar-refractivity contribution in [2.45, 2.75) is 24.3 Å². The first-order chi connectivity index (χ1) is 15.6. The summed E-state index contributed by atoms with van der Waals surface area (Å²) in [5, 5.41) is 27.8. The molecule has 0 unspecified atom stereocenters. The van der Waals surface area contributed by atoms with Crippen LogP contribution in [-0.2, 0) is 19.2 Å². The quantitative estimate of drug-likeness (QED) is 0.223. The van der Waals surface area contributed by atoms with Gasteiger partial charge in [0.2, 0.25) is 11.6 Å². The number of carbonyl (C=O) groups excluding carboxylic acids is 1. The first-order valence-corrected chi connectivity index (χ1v) is 10.5. The lowest BCUT2D eigenvalue weighted by Crippen LogP contribution is -2.20. The van der Waals surface area contributed by atoms with Gasteiger partial charge in [0.1, 0.15) is 6.33 Å². The van der Waals surface area contributed by atoms with Gasteiger partial charge < -0.3 is 10.3 Å². The van der Waals surface area contributed by atoms with Gasteiger partial charge in [0.25, 0.3) is 5.91 Å². The van der Waals surface area contributed by atoms with Crippen LogP contribution in [0.2, 0.25) is 0 Å². The number of rotatable bonds is 8. The number of anilines is 1. The van der Waals surface area contributed by atoms with Crippen molar-refractivity contribution < 1.29 is 9.42 Å². The molecule has 4 aromatic rings. The van der Waals surface area contributed by atoms with Crippen LogP contribution in [0.1, 0.15) is 34.2 Å². The Morgan fingerprint density at radius 3 is 2.75 bits per heavy atom. The van der Waals surface area contributed by atoms with E-state index in [0.717, 1.165) is 12.0 Å². The van der Waals surface area contributed by atoms with Crippen LogP contribution < -0.4 is 11.2 Å². The molecule has 13 nitrogen and oxygen atoms in total. The van der Waals surface area contributed by atoms with Crippen molar-refractivity contribution in [3.63, 3.8) is 0 Å². The lowest BCUT2D eigenvalue weighted by atomic mass is 10.1. The molecule has 0 bridgehead atoms. The molecule has 4 rings (SSSR count). The predicted octanol–water partition coefficient (Wildman–Crippen LogP) is 0.980. The largest absolute Gasteiger partial charge is 0.378 e. The molecule has 0 saturated carbocycles. The molecule has 0 saturated heterocycles. The molecule has 0 aliphatic rings. The van der Waals surface area contributed by atoms with E-state index in [4.69, 9.17) is 5.73 Å².